The van der Waals surface area contributed by atoms with Crippen LogP contribution in [-0.2, 0) is 18.2 Å². The summed E-state index contributed by atoms with van der Waals surface area (Å²) in [7, 11) is 3.55. The molecule has 1 aromatic carbocycles. The first-order valence-corrected chi connectivity index (χ1v) is 9.94. The van der Waals surface area contributed by atoms with Crippen molar-refractivity contribution in [1.82, 2.24) is 20.0 Å². The van der Waals surface area contributed by atoms with Crippen molar-refractivity contribution in [2.75, 3.05) is 39.9 Å². The number of benzene rings is 1. The summed E-state index contributed by atoms with van der Waals surface area (Å²) >= 11 is 6.34. The fourth-order valence-electron chi connectivity index (χ4n) is 3.22. The average molecular weight is 534 g/mol. The van der Waals surface area contributed by atoms with Crippen molar-refractivity contribution in [3.63, 3.8) is 0 Å². The quantitative estimate of drug-likeness (QED) is 0.351. The highest BCUT2D eigenvalue weighted by Crippen LogP contribution is 2.23. The maximum atomic E-state index is 6.34. The predicted molar refractivity (Wildman–Crippen MR) is 127 cm³/mol. The molecule has 1 fully saturated rings. The number of halogens is 2. The van der Waals surface area contributed by atoms with Gasteiger partial charge in [0, 0.05) is 43.5 Å². The maximum Gasteiger partial charge on any atom is 0.194 e. The zero-order valence-electron chi connectivity index (χ0n) is 17.1. The number of guanidine groups is 1. The number of nitrogens with one attached hydrogen (secondary N) is 1. The molecule has 1 N–H and O–H groups in total. The fourth-order valence-corrected chi connectivity index (χ4v) is 3.48. The molecule has 1 aliphatic heterocycles. The van der Waals surface area contributed by atoms with Crippen LogP contribution in [0.15, 0.2) is 35.6 Å². The minimum atomic E-state index is 0. The van der Waals surface area contributed by atoms with E-state index in [4.69, 9.17) is 26.1 Å². The smallest absolute Gasteiger partial charge is 0.194 e. The highest BCUT2D eigenvalue weighted by molar-refractivity contribution is 14.0. The Kier molecular flexibility index (Phi) is 9.51. The van der Waals surface area contributed by atoms with Gasteiger partial charge in [0.1, 0.15) is 11.9 Å². The van der Waals surface area contributed by atoms with Gasteiger partial charge in [0.2, 0.25) is 0 Å². The lowest BCUT2D eigenvalue weighted by atomic mass is 10.1. The maximum absolute atomic E-state index is 6.34. The molecule has 1 aliphatic rings. The molecule has 29 heavy (non-hydrogen) atoms. The molecule has 9 heteroatoms. The third kappa shape index (κ3) is 6.48. The number of hydrogen-bond donors (Lipinski definition) is 1. The molecule has 1 aromatic heterocycles. The number of aryl methyl sites for hydroxylation is 1. The largest absolute Gasteiger partial charge is 0.497 e. The molecule has 7 nitrogen and oxygen atoms in total. The van der Waals surface area contributed by atoms with E-state index in [1.807, 2.05) is 37.6 Å². The Hall–Kier alpha value is -1.52. The van der Waals surface area contributed by atoms with Crippen LogP contribution in [0.4, 0.5) is 0 Å². The summed E-state index contributed by atoms with van der Waals surface area (Å²) < 4.78 is 12.9. The number of nitrogens with zero attached hydrogens (tertiary/aromatic N) is 4. The van der Waals surface area contributed by atoms with Gasteiger partial charge >= 0.3 is 0 Å². The Labute approximate surface area is 194 Å². The van der Waals surface area contributed by atoms with Gasteiger partial charge in [0.05, 0.1) is 26.5 Å². The minimum absolute atomic E-state index is 0. The molecular weight excluding hydrogens is 505 g/mol. The lowest BCUT2D eigenvalue weighted by Gasteiger charge is -2.34. The number of hydrogen-bond acceptors (Lipinski definition) is 4. The first-order valence-electron chi connectivity index (χ1n) is 9.56. The van der Waals surface area contributed by atoms with Crippen LogP contribution in [0.5, 0.6) is 5.75 Å². The van der Waals surface area contributed by atoms with Crippen LogP contribution < -0.4 is 10.1 Å². The topological polar surface area (TPSA) is 63.9 Å². The van der Waals surface area contributed by atoms with Crippen molar-refractivity contribution in [3.8, 4) is 5.75 Å². The SMILES string of the molecule is CCNC(=NCCc1ccc(OC)cc1Cl)N1CCOC(c2cnn(C)c2)C1.I. The van der Waals surface area contributed by atoms with E-state index in [9.17, 15) is 0 Å². The summed E-state index contributed by atoms with van der Waals surface area (Å²) in [5.74, 6) is 1.67. The van der Waals surface area contributed by atoms with E-state index in [2.05, 4.69) is 22.2 Å². The highest BCUT2D eigenvalue weighted by atomic mass is 127. The van der Waals surface area contributed by atoms with Crippen molar-refractivity contribution in [3.05, 3.63) is 46.7 Å². The van der Waals surface area contributed by atoms with Gasteiger partial charge in [-0.15, -0.1) is 24.0 Å². The molecule has 2 aromatic rings. The summed E-state index contributed by atoms with van der Waals surface area (Å²) in [5, 5.41) is 8.36. The second kappa shape index (κ2) is 11.6. The molecule has 3 rings (SSSR count). The predicted octanol–water partition coefficient (Wildman–Crippen LogP) is 3.28. The average Bonchev–Trinajstić information content (AvgIpc) is 3.15. The van der Waals surface area contributed by atoms with Gasteiger partial charge in [-0.05, 0) is 31.0 Å². The molecule has 0 bridgehead atoms. The lowest BCUT2D eigenvalue weighted by molar-refractivity contribution is -0.00803. The number of methoxy groups -OCH3 is 1. The van der Waals surface area contributed by atoms with E-state index in [1.165, 1.54) is 0 Å². The van der Waals surface area contributed by atoms with Crippen molar-refractivity contribution in [1.29, 1.82) is 0 Å². The number of rotatable bonds is 6. The fraction of sp³-hybridized carbons (Fsp3) is 0.500. The Balaban J connectivity index is 0.00000300. The van der Waals surface area contributed by atoms with Crippen LogP contribution in [0.25, 0.3) is 0 Å². The molecule has 0 spiro atoms. The Morgan fingerprint density at radius 1 is 1.45 bits per heavy atom. The standard InChI is InChI=1S/C20H28ClN5O2.HI/c1-4-22-20(23-8-7-15-5-6-17(27-3)11-18(15)21)26-9-10-28-19(14-26)16-12-24-25(2)13-16;/h5-6,11-13,19H,4,7-10,14H2,1-3H3,(H,22,23);1H. The summed E-state index contributed by atoms with van der Waals surface area (Å²) in [5.41, 5.74) is 2.16. The van der Waals surface area contributed by atoms with Crippen molar-refractivity contribution >= 4 is 41.5 Å². The first kappa shape index (κ1) is 23.8. The molecule has 1 unspecified atom stereocenters. The summed E-state index contributed by atoms with van der Waals surface area (Å²) in [6.07, 6.45) is 4.64. The summed E-state index contributed by atoms with van der Waals surface area (Å²) in [6, 6.07) is 5.76. The van der Waals surface area contributed by atoms with Crippen molar-refractivity contribution in [2.45, 2.75) is 19.4 Å². The molecule has 1 saturated heterocycles. The van der Waals surface area contributed by atoms with Crippen molar-refractivity contribution < 1.29 is 9.47 Å². The molecule has 2 heterocycles. The van der Waals surface area contributed by atoms with Gasteiger partial charge in [0.25, 0.3) is 0 Å². The number of aromatic nitrogens is 2. The monoisotopic (exact) mass is 533 g/mol. The number of ether oxygens (including phenoxy) is 2. The molecule has 1 atom stereocenters. The highest BCUT2D eigenvalue weighted by Gasteiger charge is 2.25. The van der Waals surface area contributed by atoms with Gasteiger partial charge in [-0.25, -0.2) is 0 Å². The van der Waals surface area contributed by atoms with E-state index in [0.29, 0.717) is 18.2 Å². The number of aliphatic imine (C=N–C) groups is 1. The molecule has 0 aliphatic carbocycles. The van der Waals surface area contributed by atoms with Gasteiger partial charge in [-0.2, -0.15) is 5.10 Å². The normalized spacial score (nSPS) is 17.0. The van der Waals surface area contributed by atoms with E-state index in [-0.39, 0.29) is 30.1 Å². The Morgan fingerprint density at radius 2 is 2.28 bits per heavy atom. The molecule has 0 saturated carbocycles. The Morgan fingerprint density at radius 3 is 2.93 bits per heavy atom. The van der Waals surface area contributed by atoms with E-state index in [1.54, 1.807) is 11.8 Å². The first-order chi connectivity index (χ1) is 13.6. The molecule has 0 radical (unpaired) electrons. The lowest BCUT2D eigenvalue weighted by Crippen LogP contribution is -2.48. The van der Waals surface area contributed by atoms with Crippen LogP contribution in [-0.4, -0.2) is 60.5 Å². The molecule has 0 amide bonds. The second-order valence-electron chi connectivity index (χ2n) is 6.70. The van der Waals surface area contributed by atoms with Gasteiger partial charge in [-0.3, -0.25) is 9.67 Å². The van der Waals surface area contributed by atoms with E-state index in [0.717, 1.165) is 48.9 Å². The number of morpholine rings is 1. The van der Waals surface area contributed by atoms with E-state index >= 15 is 0 Å². The van der Waals surface area contributed by atoms with Gasteiger partial charge in [0.15, 0.2) is 5.96 Å². The van der Waals surface area contributed by atoms with Crippen LogP contribution in [0, 0.1) is 0 Å². The van der Waals surface area contributed by atoms with Gasteiger partial charge in [-0.1, -0.05) is 17.7 Å². The van der Waals surface area contributed by atoms with Crippen LogP contribution >= 0.6 is 35.6 Å². The second-order valence-corrected chi connectivity index (χ2v) is 7.10. The van der Waals surface area contributed by atoms with Crippen LogP contribution in [0.2, 0.25) is 5.02 Å². The molecule has 160 valence electrons. The molecular formula is C20H29ClIN5O2. The zero-order chi connectivity index (χ0) is 19.9. The third-order valence-electron chi connectivity index (χ3n) is 4.70. The summed E-state index contributed by atoms with van der Waals surface area (Å²) in [6.45, 7) is 5.77. The summed E-state index contributed by atoms with van der Waals surface area (Å²) in [4.78, 5) is 7.06. The van der Waals surface area contributed by atoms with Crippen molar-refractivity contribution in [2.24, 2.45) is 12.0 Å². The minimum Gasteiger partial charge on any atom is -0.497 e. The van der Waals surface area contributed by atoms with E-state index < -0.39 is 0 Å². The van der Waals surface area contributed by atoms with Gasteiger partial charge < -0.3 is 19.7 Å². The third-order valence-corrected chi connectivity index (χ3v) is 5.05. The van der Waals surface area contributed by atoms with Crippen LogP contribution in [0.3, 0.4) is 0 Å². The Bertz CT molecular complexity index is 814. The van der Waals surface area contributed by atoms with Crippen LogP contribution in [0.1, 0.15) is 24.2 Å². The zero-order valence-corrected chi connectivity index (χ0v) is 20.2.